The quantitative estimate of drug-likeness (QED) is 0.493. The number of sulfonamides is 1. The molecule has 0 heterocycles. The third-order valence-electron chi connectivity index (χ3n) is 4.53. The van der Waals surface area contributed by atoms with Crippen LogP contribution in [0.5, 0.6) is 0 Å². The molecule has 5 nitrogen and oxygen atoms in total. The summed E-state index contributed by atoms with van der Waals surface area (Å²) in [5.74, 6) is -2.24. The number of carbonyl (C=O) groups excluding carboxylic acids is 1. The van der Waals surface area contributed by atoms with Crippen molar-refractivity contribution in [1.29, 1.82) is 0 Å². The fourth-order valence-electron chi connectivity index (χ4n) is 2.93. The molecule has 162 valence electrons. The van der Waals surface area contributed by atoms with E-state index in [2.05, 4.69) is 5.32 Å². The van der Waals surface area contributed by atoms with Crippen molar-refractivity contribution in [2.45, 2.75) is 16.7 Å². The highest BCUT2D eigenvalue weighted by Gasteiger charge is 2.24. The average molecular weight is 463 g/mol. The molecule has 0 aliphatic heterocycles. The summed E-state index contributed by atoms with van der Waals surface area (Å²) in [4.78, 5) is 13.5. The predicted molar refractivity (Wildman–Crippen MR) is 119 cm³/mol. The monoisotopic (exact) mass is 462 g/mol. The van der Waals surface area contributed by atoms with Gasteiger partial charge in [0.2, 0.25) is 0 Å². The van der Waals surface area contributed by atoms with Crippen molar-refractivity contribution >= 4 is 39.1 Å². The Kier molecular flexibility index (Phi) is 6.97. The number of anilines is 2. The topological polar surface area (TPSA) is 66.5 Å². The molecule has 0 radical (unpaired) electrons. The Morgan fingerprint density at radius 3 is 2.19 bits per heavy atom. The fourth-order valence-corrected chi connectivity index (χ4v) is 4.81. The normalized spacial score (nSPS) is 11.2. The lowest BCUT2D eigenvalue weighted by molar-refractivity contribution is 0.102. The minimum absolute atomic E-state index is 0.151. The number of carbonyl (C=O) groups is 1. The SMILES string of the molecule is CCN(c1ccc(C(=O)Nc2ccc(F)cc2F)cc1)S(=O)(=O)c1ccc(SC)cc1. The fraction of sp³-hybridized carbons (Fsp3) is 0.136. The molecule has 0 unspecified atom stereocenters. The van der Waals surface area contributed by atoms with Gasteiger partial charge in [-0.2, -0.15) is 0 Å². The second kappa shape index (κ2) is 9.49. The van der Waals surface area contributed by atoms with Gasteiger partial charge in [0.05, 0.1) is 16.3 Å². The first kappa shape index (κ1) is 22.8. The Morgan fingerprint density at radius 1 is 1.00 bits per heavy atom. The van der Waals surface area contributed by atoms with Crippen molar-refractivity contribution in [1.82, 2.24) is 0 Å². The van der Waals surface area contributed by atoms with Gasteiger partial charge in [0.15, 0.2) is 0 Å². The molecular weight excluding hydrogens is 442 g/mol. The predicted octanol–water partition coefficient (Wildman–Crippen LogP) is 5.15. The summed E-state index contributed by atoms with van der Waals surface area (Å²) in [5.41, 5.74) is 0.438. The largest absolute Gasteiger partial charge is 0.319 e. The number of hydrogen-bond acceptors (Lipinski definition) is 4. The summed E-state index contributed by atoms with van der Waals surface area (Å²) < 4.78 is 54.1. The lowest BCUT2D eigenvalue weighted by atomic mass is 10.2. The third kappa shape index (κ3) is 5.05. The van der Waals surface area contributed by atoms with E-state index in [1.165, 1.54) is 40.3 Å². The van der Waals surface area contributed by atoms with Crippen LogP contribution in [-0.4, -0.2) is 27.1 Å². The van der Waals surface area contributed by atoms with Gasteiger partial charge in [-0.1, -0.05) is 0 Å². The number of amides is 1. The van der Waals surface area contributed by atoms with E-state index < -0.39 is 27.6 Å². The van der Waals surface area contributed by atoms with Crippen LogP contribution in [0, 0.1) is 11.6 Å². The highest BCUT2D eigenvalue weighted by atomic mass is 32.2. The second-order valence-corrected chi connectivity index (χ2v) is 9.21. The van der Waals surface area contributed by atoms with Gasteiger partial charge in [-0.15, -0.1) is 11.8 Å². The van der Waals surface area contributed by atoms with E-state index in [0.717, 1.165) is 17.0 Å². The molecule has 0 atom stereocenters. The zero-order valence-corrected chi connectivity index (χ0v) is 18.4. The van der Waals surface area contributed by atoms with Crippen LogP contribution in [0.25, 0.3) is 0 Å². The van der Waals surface area contributed by atoms with Crippen LogP contribution in [0.15, 0.2) is 76.5 Å². The number of hydrogen-bond donors (Lipinski definition) is 1. The summed E-state index contributed by atoms with van der Waals surface area (Å²) in [7, 11) is -3.78. The van der Waals surface area contributed by atoms with E-state index >= 15 is 0 Å². The first-order valence-electron chi connectivity index (χ1n) is 9.29. The van der Waals surface area contributed by atoms with Gasteiger partial charge in [0.1, 0.15) is 11.6 Å². The maximum absolute atomic E-state index is 13.8. The molecule has 9 heteroatoms. The van der Waals surface area contributed by atoms with Crippen molar-refractivity contribution < 1.29 is 22.0 Å². The highest BCUT2D eigenvalue weighted by molar-refractivity contribution is 7.98. The van der Waals surface area contributed by atoms with Gasteiger partial charge in [0, 0.05) is 23.1 Å². The van der Waals surface area contributed by atoms with Crippen molar-refractivity contribution in [3.8, 4) is 0 Å². The Hall–Kier alpha value is -2.91. The molecule has 0 saturated carbocycles. The lowest BCUT2D eigenvalue weighted by Gasteiger charge is -2.23. The zero-order chi connectivity index (χ0) is 22.6. The minimum Gasteiger partial charge on any atom is -0.319 e. The number of rotatable bonds is 7. The summed E-state index contributed by atoms with van der Waals surface area (Å²) in [6.45, 7) is 1.91. The number of benzene rings is 3. The molecule has 0 aliphatic carbocycles. The van der Waals surface area contributed by atoms with E-state index in [-0.39, 0.29) is 22.7 Å². The Morgan fingerprint density at radius 2 is 1.65 bits per heavy atom. The van der Waals surface area contributed by atoms with Gasteiger partial charge < -0.3 is 5.32 Å². The molecule has 0 fully saturated rings. The van der Waals surface area contributed by atoms with E-state index in [0.29, 0.717) is 11.8 Å². The smallest absolute Gasteiger partial charge is 0.264 e. The van der Waals surface area contributed by atoms with Crippen LogP contribution in [0.1, 0.15) is 17.3 Å². The first-order chi connectivity index (χ1) is 14.8. The number of nitrogens with one attached hydrogen (secondary N) is 1. The molecule has 0 aromatic heterocycles. The highest BCUT2D eigenvalue weighted by Crippen LogP contribution is 2.26. The molecule has 0 bridgehead atoms. The van der Waals surface area contributed by atoms with Crippen LogP contribution < -0.4 is 9.62 Å². The Bertz CT molecular complexity index is 1180. The van der Waals surface area contributed by atoms with E-state index in [1.807, 2.05) is 6.26 Å². The number of thioether (sulfide) groups is 1. The minimum atomic E-state index is -3.78. The molecule has 3 aromatic carbocycles. The van der Waals surface area contributed by atoms with E-state index in [1.54, 1.807) is 31.2 Å². The van der Waals surface area contributed by atoms with Gasteiger partial charge in [-0.3, -0.25) is 9.10 Å². The van der Waals surface area contributed by atoms with E-state index in [4.69, 9.17) is 0 Å². The maximum Gasteiger partial charge on any atom is 0.264 e. The summed E-state index contributed by atoms with van der Waals surface area (Å²) >= 11 is 1.52. The maximum atomic E-state index is 13.8. The molecule has 0 saturated heterocycles. The number of halogens is 2. The molecule has 1 N–H and O–H groups in total. The Balaban J connectivity index is 1.81. The molecule has 1 amide bonds. The van der Waals surface area contributed by atoms with Crippen LogP contribution >= 0.6 is 11.8 Å². The molecule has 0 spiro atoms. The number of nitrogens with zero attached hydrogens (tertiary/aromatic N) is 1. The zero-order valence-electron chi connectivity index (χ0n) is 16.8. The molecular formula is C22H20F2N2O3S2. The average Bonchev–Trinajstić information content (AvgIpc) is 2.76. The standard InChI is InChI=1S/C22H20F2N2O3S2/c1-3-26(31(28,29)19-11-9-18(30-2)10-12-19)17-7-4-15(5-8-17)22(27)25-21-13-6-16(23)14-20(21)24/h4-14H,3H2,1-2H3,(H,25,27). The molecule has 31 heavy (non-hydrogen) atoms. The van der Waals surface area contributed by atoms with Gasteiger partial charge in [-0.25, -0.2) is 17.2 Å². The summed E-state index contributed by atoms with van der Waals surface area (Å²) in [6, 6.07) is 15.4. The van der Waals surface area contributed by atoms with Gasteiger partial charge in [0.25, 0.3) is 15.9 Å². The molecule has 3 aromatic rings. The van der Waals surface area contributed by atoms with Crippen molar-refractivity contribution in [3.63, 3.8) is 0 Å². The molecule has 3 rings (SSSR count). The van der Waals surface area contributed by atoms with Crippen LogP contribution in [0.4, 0.5) is 20.2 Å². The summed E-state index contributed by atoms with van der Waals surface area (Å²) in [6.07, 6.45) is 1.91. The van der Waals surface area contributed by atoms with Crippen LogP contribution in [-0.2, 0) is 10.0 Å². The first-order valence-corrected chi connectivity index (χ1v) is 12.0. The molecule has 0 aliphatic rings. The van der Waals surface area contributed by atoms with Crippen molar-refractivity contribution in [3.05, 3.63) is 83.9 Å². The second-order valence-electron chi connectivity index (χ2n) is 6.47. The van der Waals surface area contributed by atoms with Crippen molar-refractivity contribution in [2.24, 2.45) is 0 Å². The third-order valence-corrected chi connectivity index (χ3v) is 7.19. The van der Waals surface area contributed by atoms with E-state index in [9.17, 15) is 22.0 Å². The van der Waals surface area contributed by atoms with Gasteiger partial charge in [-0.05, 0) is 73.8 Å². The van der Waals surface area contributed by atoms with Crippen LogP contribution in [0.3, 0.4) is 0 Å². The van der Waals surface area contributed by atoms with Crippen LogP contribution in [0.2, 0.25) is 0 Å². The van der Waals surface area contributed by atoms with Gasteiger partial charge >= 0.3 is 0 Å². The summed E-state index contributed by atoms with van der Waals surface area (Å²) in [5, 5.41) is 2.37. The Labute approximate surface area is 184 Å². The van der Waals surface area contributed by atoms with Crippen molar-refractivity contribution in [2.75, 3.05) is 22.4 Å². The lowest BCUT2D eigenvalue weighted by Crippen LogP contribution is -2.30.